The minimum Gasteiger partial charge on any atom is -0.342 e. The van der Waals surface area contributed by atoms with Crippen molar-refractivity contribution in [3.8, 4) is 0 Å². The SMILES string of the molecule is CCCCC1C(=O)N(C)CCN1C(=O)c1n[nH]nc1C. The lowest BCUT2D eigenvalue weighted by molar-refractivity contribution is -0.138. The molecule has 1 fully saturated rings. The molecule has 2 amide bonds. The number of amides is 2. The summed E-state index contributed by atoms with van der Waals surface area (Å²) in [6.45, 7) is 4.91. The molecule has 0 aromatic carbocycles. The number of hydrogen-bond donors (Lipinski definition) is 1. The van der Waals surface area contributed by atoms with E-state index in [0.29, 0.717) is 30.9 Å². The van der Waals surface area contributed by atoms with E-state index in [-0.39, 0.29) is 17.9 Å². The van der Waals surface area contributed by atoms with E-state index in [2.05, 4.69) is 22.3 Å². The van der Waals surface area contributed by atoms with Crippen LogP contribution < -0.4 is 0 Å². The lowest BCUT2D eigenvalue weighted by atomic mass is 10.0. The Morgan fingerprint density at radius 2 is 2.15 bits per heavy atom. The molecule has 1 unspecified atom stereocenters. The molecule has 0 bridgehead atoms. The third-order valence-corrected chi connectivity index (χ3v) is 3.73. The van der Waals surface area contributed by atoms with E-state index in [9.17, 15) is 9.59 Å². The quantitative estimate of drug-likeness (QED) is 0.874. The number of rotatable bonds is 4. The van der Waals surface area contributed by atoms with E-state index >= 15 is 0 Å². The molecule has 1 aromatic rings. The van der Waals surface area contributed by atoms with Gasteiger partial charge in [-0.25, -0.2) is 0 Å². The van der Waals surface area contributed by atoms with Gasteiger partial charge in [-0.15, -0.1) is 0 Å². The summed E-state index contributed by atoms with van der Waals surface area (Å²) in [5.74, 6) is -0.196. The fraction of sp³-hybridized carbons (Fsp3) is 0.692. The molecule has 0 aliphatic carbocycles. The van der Waals surface area contributed by atoms with Gasteiger partial charge in [-0.1, -0.05) is 19.8 Å². The number of piperazine rings is 1. The van der Waals surface area contributed by atoms with Crippen molar-refractivity contribution in [2.24, 2.45) is 0 Å². The minimum absolute atomic E-state index is 0.0131. The van der Waals surface area contributed by atoms with Crippen LogP contribution in [0.15, 0.2) is 0 Å². The highest BCUT2D eigenvalue weighted by atomic mass is 16.2. The van der Waals surface area contributed by atoms with Gasteiger partial charge in [-0.05, 0) is 13.3 Å². The van der Waals surface area contributed by atoms with Crippen LogP contribution in [-0.4, -0.2) is 63.2 Å². The second-order valence-electron chi connectivity index (χ2n) is 5.17. The predicted molar refractivity (Wildman–Crippen MR) is 73.1 cm³/mol. The zero-order valence-electron chi connectivity index (χ0n) is 12.2. The highest BCUT2D eigenvalue weighted by molar-refractivity contribution is 5.97. The van der Waals surface area contributed by atoms with E-state index < -0.39 is 0 Å². The number of H-pyrrole nitrogens is 1. The monoisotopic (exact) mass is 279 g/mol. The fourth-order valence-corrected chi connectivity index (χ4v) is 2.45. The number of unbranched alkanes of at least 4 members (excludes halogenated alkanes) is 1. The van der Waals surface area contributed by atoms with Crippen LogP contribution in [-0.2, 0) is 4.79 Å². The minimum atomic E-state index is -0.378. The van der Waals surface area contributed by atoms with Crippen LogP contribution >= 0.6 is 0 Å². The molecule has 1 atom stereocenters. The first-order chi connectivity index (χ1) is 9.56. The molecule has 0 spiro atoms. The molecule has 1 saturated heterocycles. The number of carbonyl (C=O) groups is 2. The maximum absolute atomic E-state index is 12.5. The Kier molecular flexibility index (Phi) is 4.36. The molecule has 7 nitrogen and oxygen atoms in total. The Balaban J connectivity index is 2.21. The first-order valence-corrected chi connectivity index (χ1v) is 6.99. The van der Waals surface area contributed by atoms with Crippen molar-refractivity contribution in [1.82, 2.24) is 25.2 Å². The van der Waals surface area contributed by atoms with Crippen molar-refractivity contribution in [3.63, 3.8) is 0 Å². The van der Waals surface area contributed by atoms with Crippen molar-refractivity contribution < 1.29 is 9.59 Å². The van der Waals surface area contributed by atoms with Crippen LogP contribution in [0, 0.1) is 6.92 Å². The maximum atomic E-state index is 12.5. The predicted octanol–water partition coefficient (Wildman–Crippen LogP) is 0.586. The third kappa shape index (κ3) is 2.66. The first kappa shape index (κ1) is 14.5. The molecule has 0 saturated carbocycles. The zero-order chi connectivity index (χ0) is 14.7. The fourth-order valence-electron chi connectivity index (χ4n) is 2.45. The standard InChI is InChI=1S/C13H21N5O2/c1-4-5-6-10-12(19)17(3)7-8-18(10)13(20)11-9(2)14-16-15-11/h10H,4-8H2,1-3H3,(H,14,15,16). The molecule has 7 heteroatoms. The van der Waals surface area contributed by atoms with Crippen molar-refractivity contribution in [1.29, 1.82) is 0 Å². The smallest absolute Gasteiger partial charge is 0.277 e. The molecule has 1 aliphatic rings. The van der Waals surface area contributed by atoms with Crippen LogP contribution in [0.3, 0.4) is 0 Å². The number of carbonyl (C=O) groups excluding carboxylic acids is 2. The molecule has 0 radical (unpaired) electrons. The number of aromatic nitrogens is 3. The molecule has 2 heterocycles. The van der Waals surface area contributed by atoms with Gasteiger partial charge in [0.1, 0.15) is 6.04 Å². The topological polar surface area (TPSA) is 82.2 Å². The number of aryl methyl sites for hydroxylation is 1. The van der Waals surface area contributed by atoms with Gasteiger partial charge < -0.3 is 9.80 Å². The summed E-state index contributed by atoms with van der Waals surface area (Å²) in [7, 11) is 1.78. The van der Waals surface area contributed by atoms with E-state index in [4.69, 9.17) is 0 Å². The van der Waals surface area contributed by atoms with Crippen molar-refractivity contribution in [3.05, 3.63) is 11.4 Å². The molecule has 1 aromatic heterocycles. The Morgan fingerprint density at radius 1 is 1.40 bits per heavy atom. The van der Waals surface area contributed by atoms with Gasteiger partial charge in [0, 0.05) is 20.1 Å². The van der Waals surface area contributed by atoms with Crippen LogP contribution in [0.4, 0.5) is 0 Å². The van der Waals surface area contributed by atoms with Gasteiger partial charge in [0.05, 0.1) is 5.69 Å². The summed E-state index contributed by atoms with van der Waals surface area (Å²) in [5, 5.41) is 10.2. The molecule has 2 rings (SSSR count). The number of nitrogens with zero attached hydrogens (tertiary/aromatic N) is 4. The van der Waals surface area contributed by atoms with Crippen molar-refractivity contribution in [2.45, 2.75) is 39.2 Å². The van der Waals surface area contributed by atoms with E-state index in [1.807, 2.05) is 0 Å². The summed E-state index contributed by atoms with van der Waals surface area (Å²) >= 11 is 0. The van der Waals surface area contributed by atoms with Crippen LogP contribution in [0.1, 0.15) is 42.4 Å². The normalized spacial score (nSPS) is 19.6. The summed E-state index contributed by atoms with van der Waals surface area (Å²) in [5.41, 5.74) is 0.875. The van der Waals surface area contributed by atoms with Gasteiger partial charge >= 0.3 is 0 Å². The Bertz CT molecular complexity index is 499. The average Bonchev–Trinajstić information content (AvgIpc) is 2.86. The Labute approximate surface area is 118 Å². The zero-order valence-corrected chi connectivity index (χ0v) is 12.2. The molecule has 1 N–H and O–H groups in total. The summed E-state index contributed by atoms with van der Waals surface area (Å²) < 4.78 is 0. The number of hydrogen-bond acceptors (Lipinski definition) is 4. The number of aromatic amines is 1. The van der Waals surface area contributed by atoms with Gasteiger partial charge in [-0.3, -0.25) is 9.59 Å². The maximum Gasteiger partial charge on any atom is 0.277 e. The van der Waals surface area contributed by atoms with Crippen molar-refractivity contribution in [2.75, 3.05) is 20.1 Å². The highest BCUT2D eigenvalue weighted by Gasteiger charge is 2.36. The summed E-state index contributed by atoms with van der Waals surface area (Å²) in [6.07, 6.45) is 2.62. The summed E-state index contributed by atoms with van der Waals surface area (Å²) in [4.78, 5) is 28.2. The second-order valence-corrected chi connectivity index (χ2v) is 5.17. The lowest BCUT2D eigenvalue weighted by Crippen LogP contribution is -2.57. The second kappa shape index (κ2) is 6.02. The van der Waals surface area contributed by atoms with Gasteiger partial charge in [0.15, 0.2) is 5.69 Å². The Morgan fingerprint density at radius 3 is 2.75 bits per heavy atom. The number of likely N-dealkylation sites (N-methyl/N-ethyl adjacent to an activating group) is 1. The largest absolute Gasteiger partial charge is 0.342 e. The molecule has 20 heavy (non-hydrogen) atoms. The van der Waals surface area contributed by atoms with E-state index in [0.717, 1.165) is 12.8 Å². The molecule has 110 valence electrons. The van der Waals surface area contributed by atoms with Gasteiger partial charge in [-0.2, -0.15) is 15.4 Å². The number of nitrogens with one attached hydrogen (secondary N) is 1. The van der Waals surface area contributed by atoms with Crippen LogP contribution in [0.25, 0.3) is 0 Å². The molecular formula is C13H21N5O2. The lowest BCUT2D eigenvalue weighted by Gasteiger charge is -2.38. The molecule has 1 aliphatic heterocycles. The van der Waals surface area contributed by atoms with Crippen LogP contribution in [0.2, 0.25) is 0 Å². The van der Waals surface area contributed by atoms with Crippen LogP contribution in [0.5, 0.6) is 0 Å². The van der Waals surface area contributed by atoms with Crippen molar-refractivity contribution >= 4 is 11.8 Å². The Hall–Kier alpha value is -1.92. The van der Waals surface area contributed by atoms with E-state index in [1.54, 1.807) is 23.8 Å². The van der Waals surface area contributed by atoms with Gasteiger partial charge in [0.2, 0.25) is 5.91 Å². The van der Waals surface area contributed by atoms with Gasteiger partial charge in [0.25, 0.3) is 5.91 Å². The average molecular weight is 279 g/mol. The summed E-state index contributed by atoms with van der Waals surface area (Å²) in [6, 6.07) is -0.378. The van der Waals surface area contributed by atoms with E-state index in [1.165, 1.54) is 0 Å². The third-order valence-electron chi connectivity index (χ3n) is 3.73. The molecular weight excluding hydrogens is 258 g/mol. The first-order valence-electron chi connectivity index (χ1n) is 6.99. The highest BCUT2D eigenvalue weighted by Crippen LogP contribution is 2.19.